The van der Waals surface area contributed by atoms with Crippen molar-refractivity contribution < 1.29 is 23.4 Å². The van der Waals surface area contributed by atoms with Gasteiger partial charge in [-0.1, -0.05) is 50.6 Å². The molecule has 6 heteroatoms. The van der Waals surface area contributed by atoms with Crippen molar-refractivity contribution in [1.82, 2.24) is 0 Å². The smallest absolute Gasteiger partial charge is 0.333 e. The van der Waals surface area contributed by atoms with Gasteiger partial charge in [0.15, 0.2) is 8.32 Å². The molecule has 0 saturated carbocycles. The predicted molar refractivity (Wildman–Crippen MR) is 147 cm³/mol. The molecule has 0 bridgehead atoms. The van der Waals surface area contributed by atoms with Crippen LogP contribution in [0.1, 0.15) is 72.8 Å². The summed E-state index contributed by atoms with van der Waals surface area (Å²) in [5.74, 6) is 0.610. The second-order valence-electron chi connectivity index (χ2n) is 10.7. The van der Waals surface area contributed by atoms with Crippen molar-refractivity contribution >= 4 is 14.3 Å². The van der Waals surface area contributed by atoms with Gasteiger partial charge in [-0.25, -0.2) is 4.79 Å². The number of carbonyl (C=O) groups is 1. The lowest BCUT2D eigenvalue weighted by Crippen LogP contribution is -2.43. The zero-order valence-electron chi connectivity index (χ0n) is 23.5. The fourth-order valence-electron chi connectivity index (χ4n) is 3.14. The first-order chi connectivity index (χ1) is 16.4. The maximum Gasteiger partial charge on any atom is 0.333 e. The number of hydrogen-bond donors (Lipinski definition) is 0. The Bertz CT molecular complexity index is 814. The van der Waals surface area contributed by atoms with Crippen molar-refractivity contribution in [1.29, 1.82) is 0 Å². The molecular weight excluding hydrogens is 456 g/mol. The zero-order chi connectivity index (χ0) is 26.5. The van der Waals surface area contributed by atoms with E-state index < -0.39 is 8.32 Å². The maximum absolute atomic E-state index is 12.5. The van der Waals surface area contributed by atoms with Crippen LogP contribution < -0.4 is 4.74 Å². The Kier molecular flexibility index (Phi) is 13.6. The highest BCUT2D eigenvalue weighted by molar-refractivity contribution is 6.74. The lowest BCUT2D eigenvalue weighted by Gasteiger charge is -2.37. The van der Waals surface area contributed by atoms with Crippen molar-refractivity contribution in [2.24, 2.45) is 0 Å². The summed E-state index contributed by atoms with van der Waals surface area (Å²) in [5.41, 5.74) is 3.08. The first-order valence-electron chi connectivity index (χ1n) is 12.8. The van der Waals surface area contributed by atoms with E-state index in [1.807, 2.05) is 37.3 Å². The van der Waals surface area contributed by atoms with E-state index in [1.54, 1.807) is 7.11 Å². The number of methoxy groups -OCH3 is 1. The fraction of sp³-hybridized carbons (Fsp3) is 0.621. The third kappa shape index (κ3) is 12.1. The molecule has 0 radical (unpaired) electrons. The molecule has 0 fully saturated rings. The molecule has 0 spiro atoms. The van der Waals surface area contributed by atoms with Crippen LogP contribution in [0, 0.1) is 0 Å². The monoisotopic (exact) mass is 504 g/mol. The molecule has 0 unspecified atom stereocenters. The molecule has 1 rings (SSSR count). The van der Waals surface area contributed by atoms with E-state index >= 15 is 0 Å². The van der Waals surface area contributed by atoms with Crippen molar-refractivity contribution in [3.63, 3.8) is 0 Å². The topological polar surface area (TPSA) is 54.0 Å². The fourth-order valence-corrected chi connectivity index (χ4v) is 4.18. The molecule has 0 N–H and O–H groups in total. The molecular formula is C29H48O5Si. The molecule has 0 heterocycles. The first-order valence-corrected chi connectivity index (χ1v) is 15.7. The molecule has 1 aromatic carbocycles. The van der Waals surface area contributed by atoms with Gasteiger partial charge in [0, 0.05) is 5.57 Å². The van der Waals surface area contributed by atoms with Crippen LogP contribution in [0.2, 0.25) is 18.1 Å². The highest BCUT2D eigenvalue weighted by atomic mass is 28.4. The summed E-state index contributed by atoms with van der Waals surface area (Å²) in [5, 5.41) is 0.134. The Morgan fingerprint density at radius 1 is 1.06 bits per heavy atom. The Hall–Kier alpha value is -1.89. The number of ether oxygens (including phenoxy) is 3. The molecule has 0 aromatic heterocycles. The van der Waals surface area contributed by atoms with Crippen LogP contribution in [-0.4, -0.2) is 40.7 Å². The lowest BCUT2D eigenvalue weighted by molar-refractivity contribution is -0.138. The third-order valence-electron chi connectivity index (χ3n) is 6.46. The number of hydrogen-bond acceptors (Lipinski definition) is 5. The molecule has 1 aromatic rings. The van der Waals surface area contributed by atoms with Crippen LogP contribution in [0.15, 0.2) is 47.6 Å². The second kappa shape index (κ2) is 15.3. The van der Waals surface area contributed by atoms with E-state index in [9.17, 15) is 4.79 Å². The number of carbonyl (C=O) groups excluding carboxylic acids is 1. The molecule has 0 aliphatic rings. The van der Waals surface area contributed by atoms with Crippen molar-refractivity contribution in [3.05, 3.63) is 53.1 Å². The predicted octanol–water partition coefficient (Wildman–Crippen LogP) is 7.62. The number of rotatable bonds is 15. The molecule has 5 nitrogen and oxygen atoms in total. The van der Waals surface area contributed by atoms with Gasteiger partial charge in [-0.15, -0.1) is 0 Å². The molecule has 1 atom stereocenters. The van der Waals surface area contributed by atoms with Gasteiger partial charge in [0.2, 0.25) is 0 Å². The molecule has 0 amide bonds. The summed E-state index contributed by atoms with van der Waals surface area (Å²) in [6.45, 7) is 18.7. The molecule has 198 valence electrons. The van der Waals surface area contributed by atoms with Gasteiger partial charge in [-0.2, -0.15) is 0 Å². The van der Waals surface area contributed by atoms with E-state index in [1.165, 1.54) is 5.57 Å². The summed E-state index contributed by atoms with van der Waals surface area (Å²) >= 11 is 0. The maximum atomic E-state index is 12.5. The first kappa shape index (κ1) is 31.1. The van der Waals surface area contributed by atoms with Crippen molar-refractivity contribution in [2.45, 2.75) is 98.1 Å². The SMILES string of the molecule is CCOC(=O)/C(=C/CC[C@@H](CO[Si](C)(C)C(C)(C)C)OCc1ccc(OC)cc1)CCC=C(C)C. The van der Waals surface area contributed by atoms with Gasteiger partial charge in [-0.3, -0.25) is 0 Å². The minimum Gasteiger partial charge on any atom is -0.497 e. The minimum absolute atomic E-state index is 0.0660. The number of benzene rings is 1. The highest BCUT2D eigenvalue weighted by Gasteiger charge is 2.37. The Morgan fingerprint density at radius 2 is 1.71 bits per heavy atom. The normalized spacial score (nSPS) is 13.3. The standard InChI is InChI=1S/C29H48O5Si/c1-10-32-28(30)25(14-11-13-23(2)3)15-12-16-27(22-34-35(8,9)29(4,5)6)33-21-24-17-19-26(31-7)20-18-24/h13,15,17-20,27H,10-12,14,16,21-22H2,1-9H3/b25-15+/t27-/m0/s1. The van der Waals surface area contributed by atoms with Crippen molar-refractivity contribution in [2.75, 3.05) is 20.3 Å². The van der Waals surface area contributed by atoms with Gasteiger partial charge in [-0.05, 0) is 82.3 Å². The largest absolute Gasteiger partial charge is 0.497 e. The Balaban J connectivity index is 2.89. The lowest BCUT2D eigenvalue weighted by atomic mass is 10.1. The van der Waals surface area contributed by atoms with Crippen LogP contribution in [-0.2, 0) is 25.3 Å². The zero-order valence-corrected chi connectivity index (χ0v) is 24.5. The van der Waals surface area contributed by atoms with Crippen LogP contribution in [0.25, 0.3) is 0 Å². The number of allylic oxidation sites excluding steroid dienone is 3. The van der Waals surface area contributed by atoms with Gasteiger partial charge >= 0.3 is 5.97 Å². The Morgan fingerprint density at radius 3 is 2.26 bits per heavy atom. The second-order valence-corrected chi connectivity index (χ2v) is 15.5. The summed E-state index contributed by atoms with van der Waals surface area (Å²) in [4.78, 5) is 12.5. The van der Waals surface area contributed by atoms with Gasteiger partial charge in [0.05, 0.1) is 33.0 Å². The van der Waals surface area contributed by atoms with Crippen LogP contribution in [0.3, 0.4) is 0 Å². The van der Waals surface area contributed by atoms with Gasteiger partial charge in [0.1, 0.15) is 5.75 Å². The Labute approximate surface area is 215 Å². The van der Waals surface area contributed by atoms with E-state index in [0.29, 0.717) is 26.2 Å². The average molecular weight is 505 g/mol. The van der Waals surface area contributed by atoms with E-state index in [-0.39, 0.29) is 17.1 Å². The van der Waals surface area contributed by atoms with Gasteiger partial charge in [0.25, 0.3) is 0 Å². The van der Waals surface area contributed by atoms with Crippen LogP contribution >= 0.6 is 0 Å². The highest BCUT2D eigenvalue weighted by Crippen LogP contribution is 2.36. The van der Waals surface area contributed by atoms with Gasteiger partial charge < -0.3 is 18.6 Å². The van der Waals surface area contributed by atoms with E-state index in [0.717, 1.165) is 36.1 Å². The molecule has 0 aliphatic heterocycles. The summed E-state index contributed by atoms with van der Waals surface area (Å²) in [6.07, 6.45) is 7.13. The molecule has 0 saturated heterocycles. The van der Waals surface area contributed by atoms with Crippen LogP contribution in [0.4, 0.5) is 0 Å². The number of esters is 1. The van der Waals surface area contributed by atoms with E-state index in [2.05, 4.69) is 53.8 Å². The summed E-state index contributed by atoms with van der Waals surface area (Å²) < 4.78 is 23.3. The average Bonchev–Trinajstić information content (AvgIpc) is 2.78. The van der Waals surface area contributed by atoms with E-state index in [4.69, 9.17) is 18.6 Å². The minimum atomic E-state index is -1.90. The molecule has 35 heavy (non-hydrogen) atoms. The molecule has 0 aliphatic carbocycles. The van der Waals surface area contributed by atoms with Crippen LogP contribution in [0.5, 0.6) is 5.75 Å². The van der Waals surface area contributed by atoms with Crippen molar-refractivity contribution in [3.8, 4) is 5.75 Å². The quantitative estimate of drug-likeness (QED) is 0.106. The summed E-state index contributed by atoms with van der Waals surface area (Å²) in [6, 6.07) is 7.93. The summed E-state index contributed by atoms with van der Waals surface area (Å²) in [7, 11) is -0.235. The third-order valence-corrected chi connectivity index (χ3v) is 11.0.